The summed E-state index contributed by atoms with van der Waals surface area (Å²) in [6, 6.07) is 8.79. The lowest BCUT2D eigenvalue weighted by Crippen LogP contribution is -2.51. The average Bonchev–Trinajstić information content (AvgIpc) is 2.64. The van der Waals surface area contributed by atoms with Gasteiger partial charge in [0.25, 0.3) is 5.56 Å². The van der Waals surface area contributed by atoms with Gasteiger partial charge in [-0.25, -0.2) is 0 Å². The quantitative estimate of drug-likeness (QED) is 0.787. The molecule has 140 valence electrons. The average molecular weight is 360 g/mol. The van der Waals surface area contributed by atoms with Crippen LogP contribution in [0.5, 0.6) is 0 Å². The molecule has 1 saturated heterocycles. The molecule has 0 saturated carbocycles. The number of hydrogen-bond acceptors (Lipinski definition) is 5. The molecule has 1 aromatic heterocycles. The molecule has 7 heteroatoms. The lowest BCUT2D eigenvalue weighted by Gasteiger charge is -2.32. The molecule has 0 radical (unpaired) electrons. The number of amides is 1. The van der Waals surface area contributed by atoms with Crippen molar-refractivity contribution in [3.63, 3.8) is 0 Å². The van der Waals surface area contributed by atoms with Crippen LogP contribution in [0, 0.1) is 6.92 Å². The Bertz CT molecular complexity index is 832. The molecule has 2 atom stereocenters. The van der Waals surface area contributed by atoms with Crippen LogP contribution in [-0.2, 0) is 20.8 Å². The molecule has 1 aliphatic rings. The van der Waals surface area contributed by atoms with Crippen molar-refractivity contribution in [1.82, 2.24) is 9.88 Å². The number of benzene rings is 1. The zero-order chi connectivity index (χ0) is 18.5. The Balaban J connectivity index is 1.76. The van der Waals surface area contributed by atoms with Gasteiger partial charge >= 0.3 is 0 Å². The number of aromatic nitrogens is 1. The highest BCUT2D eigenvalue weighted by Crippen LogP contribution is 2.16. The molecule has 1 aromatic carbocycles. The first-order valence-electron chi connectivity index (χ1n) is 8.79. The summed E-state index contributed by atoms with van der Waals surface area (Å²) in [5.41, 5.74) is 1.42. The molecule has 2 heterocycles. The molecule has 26 heavy (non-hydrogen) atoms. The van der Waals surface area contributed by atoms with E-state index in [0.717, 1.165) is 16.5 Å². The van der Waals surface area contributed by atoms with Crippen molar-refractivity contribution in [2.24, 2.45) is 0 Å². The van der Waals surface area contributed by atoms with Gasteiger partial charge in [0.2, 0.25) is 5.91 Å². The summed E-state index contributed by atoms with van der Waals surface area (Å²) in [7, 11) is 0. The van der Waals surface area contributed by atoms with E-state index in [1.807, 2.05) is 31.2 Å². The third-order valence-corrected chi connectivity index (χ3v) is 4.59. The number of para-hydroxylation sites is 1. The molecule has 7 nitrogen and oxygen atoms in total. The SMILES string of the molecule is Cc1cc(=O)n(CC(=O)N[C@@H]2COCC[C@@H]2OCCO)c2ccccc12. The Hall–Kier alpha value is -2.22. The summed E-state index contributed by atoms with van der Waals surface area (Å²) in [5.74, 6) is -0.269. The Kier molecular flexibility index (Phi) is 6.03. The van der Waals surface area contributed by atoms with Crippen LogP contribution in [0.1, 0.15) is 12.0 Å². The Morgan fingerprint density at radius 1 is 1.42 bits per heavy atom. The van der Waals surface area contributed by atoms with Gasteiger partial charge in [-0.3, -0.25) is 14.2 Å². The molecule has 1 aliphatic heterocycles. The summed E-state index contributed by atoms with van der Waals surface area (Å²) in [6.07, 6.45) is 0.449. The van der Waals surface area contributed by atoms with Crippen LogP contribution in [0.4, 0.5) is 0 Å². The maximum Gasteiger partial charge on any atom is 0.251 e. The van der Waals surface area contributed by atoms with Crippen LogP contribution < -0.4 is 10.9 Å². The summed E-state index contributed by atoms with van der Waals surface area (Å²) >= 11 is 0. The van der Waals surface area contributed by atoms with Crippen molar-refractivity contribution in [1.29, 1.82) is 0 Å². The normalized spacial score (nSPS) is 20.2. The topological polar surface area (TPSA) is 89.8 Å². The van der Waals surface area contributed by atoms with Crippen molar-refractivity contribution >= 4 is 16.8 Å². The van der Waals surface area contributed by atoms with Crippen LogP contribution in [-0.4, -0.2) is 54.2 Å². The third kappa shape index (κ3) is 4.12. The second-order valence-corrected chi connectivity index (χ2v) is 6.44. The number of ether oxygens (including phenoxy) is 2. The first-order chi connectivity index (χ1) is 12.6. The molecular weight excluding hydrogens is 336 g/mol. The van der Waals surface area contributed by atoms with Gasteiger partial charge in [-0.1, -0.05) is 18.2 Å². The number of aliphatic hydroxyl groups excluding tert-OH is 1. The number of carbonyl (C=O) groups excluding carboxylic acids is 1. The Morgan fingerprint density at radius 2 is 2.23 bits per heavy atom. The monoisotopic (exact) mass is 360 g/mol. The minimum Gasteiger partial charge on any atom is -0.394 e. The highest BCUT2D eigenvalue weighted by molar-refractivity contribution is 5.84. The molecule has 1 fully saturated rings. The summed E-state index contributed by atoms with van der Waals surface area (Å²) < 4.78 is 12.5. The highest BCUT2D eigenvalue weighted by atomic mass is 16.5. The van der Waals surface area contributed by atoms with E-state index in [4.69, 9.17) is 14.6 Å². The van der Waals surface area contributed by atoms with Crippen LogP contribution in [0.15, 0.2) is 35.1 Å². The number of aryl methyl sites for hydroxylation is 1. The summed E-state index contributed by atoms with van der Waals surface area (Å²) in [4.78, 5) is 24.9. The van der Waals surface area contributed by atoms with Gasteiger partial charge in [0.1, 0.15) is 6.54 Å². The van der Waals surface area contributed by atoms with Crippen molar-refractivity contribution in [2.75, 3.05) is 26.4 Å². The maximum atomic E-state index is 12.5. The summed E-state index contributed by atoms with van der Waals surface area (Å²) in [6.45, 7) is 2.89. The fraction of sp³-hybridized carbons (Fsp3) is 0.474. The number of aliphatic hydroxyl groups is 1. The Morgan fingerprint density at radius 3 is 3.04 bits per heavy atom. The van der Waals surface area contributed by atoms with Crippen LogP contribution in [0.3, 0.4) is 0 Å². The van der Waals surface area contributed by atoms with E-state index in [1.165, 1.54) is 4.57 Å². The number of rotatable bonds is 6. The van der Waals surface area contributed by atoms with E-state index < -0.39 is 0 Å². The predicted molar refractivity (Wildman–Crippen MR) is 97.1 cm³/mol. The molecule has 0 unspecified atom stereocenters. The van der Waals surface area contributed by atoms with Crippen LogP contribution >= 0.6 is 0 Å². The largest absolute Gasteiger partial charge is 0.394 e. The fourth-order valence-electron chi connectivity index (χ4n) is 3.32. The van der Waals surface area contributed by atoms with E-state index in [1.54, 1.807) is 6.07 Å². The van der Waals surface area contributed by atoms with Crippen molar-refractivity contribution in [3.05, 3.63) is 46.2 Å². The third-order valence-electron chi connectivity index (χ3n) is 4.59. The molecule has 0 spiro atoms. The van der Waals surface area contributed by atoms with Crippen molar-refractivity contribution < 1.29 is 19.4 Å². The van der Waals surface area contributed by atoms with E-state index in [9.17, 15) is 9.59 Å². The lowest BCUT2D eigenvalue weighted by molar-refractivity contribution is -0.127. The maximum absolute atomic E-state index is 12.5. The van der Waals surface area contributed by atoms with Gasteiger partial charge < -0.3 is 19.9 Å². The predicted octanol–water partition coefficient (Wildman–Crippen LogP) is 0.593. The van der Waals surface area contributed by atoms with Gasteiger partial charge in [0.05, 0.1) is 37.5 Å². The van der Waals surface area contributed by atoms with Gasteiger partial charge in [-0.15, -0.1) is 0 Å². The second kappa shape index (κ2) is 8.44. The number of nitrogens with zero attached hydrogens (tertiary/aromatic N) is 1. The molecule has 1 amide bonds. The second-order valence-electron chi connectivity index (χ2n) is 6.44. The molecule has 3 rings (SSSR count). The first-order valence-corrected chi connectivity index (χ1v) is 8.79. The lowest BCUT2D eigenvalue weighted by atomic mass is 10.1. The number of hydrogen-bond donors (Lipinski definition) is 2. The number of carbonyl (C=O) groups is 1. The number of pyridine rings is 1. The first kappa shape index (κ1) is 18.6. The van der Waals surface area contributed by atoms with Gasteiger partial charge in [-0.05, 0) is 25.0 Å². The zero-order valence-corrected chi connectivity index (χ0v) is 14.8. The van der Waals surface area contributed by atoms with Crippen molar-refractivity contribution in [2.45, 2.75) is 32.0 Å². The van der Waals surface area contributed by atoms with Crippen LogP contribution in [0.2, 0.25) is 0 Å². The van der Waals surface area contributed by atoms with E-state index in [-0.39, 0.29) is 43.4 Å². The molecule has 0 aliphatic carbocycles. The molecule has 0 bridgehead atoms. The van der Waals surface area contributed by atoms with Gasteiger partial charge in [0, 0.05) is 18.1 Å². The molecular formula is C19H24N2O5. The zero-order valence-electron chi connectivity index (χ0n) is 14.8. The van der Waals surface area contributed by atoms with E-state index in [2.05, 4.69) is 5.32 Å². The number of nitrogens with one attached hydrogen (secondary N) is 1. The van der Waals surface area contributed by atoms with Crippen LogP contribution in [0.25, 0.3) is 10.9 Å². The fourth-order valence-corrected chi connectivity index (χ4v) is 3.32. The minimum atomic E-state index is -0.296. The van der Waals surface area contributed by atoms with E-state index >= 15 is 0 Å². The minimum absolute atomic E-state index is 0.0666. The van der Waals surface area contributed by atoms with Gasteiger partial charge in [0.15, 0.2) is 0 Å². The Labute approximate surface area is 151 Å². The van der Waals surface area contributed by atoms with Crippen molar-refractivity contribution in [3.8, 4) is 0 Å². The van der Waals surface area contributed by atoms with E-state index in [0.29, 0.717) is 19.6 Å². The molecule has 2 aromatic rings. The smallest absolute Gasteiger partial charge is 0.251 e. The van der Waals surface area contributed by atoms with Gasteiger partial charge in [-0.2, -0.15) is 0 Å². The molecule has 2 N–H and O–H groups in total. The number of fused-ring (bicyclic) bond motifs is 1. The standard InChI is InChI=1S/C19H24N2O5/c1-13-10-19(24)21(16-5-3-2-4-14(13)16)11-18(23)20-15-12-25-8-6-17(15)26-9-7-22/h2-5,10,15,17,22H,6-9,11-12H2,1H3,(H,20,23)/t15-,17+/m1/s1. The summed E-state index contributed by atoms with van der Waals surface area (Å²) in [5, 5.41) is 12.8. The highest BCUT2D eigenvalue weighted by Gasteiger charge is 2.28.